The van der Waals surface area contributed by atoms with Crippen LogP contribution in [0.1, 0.15) is 0 Å². The van der Waals surface area contributed by atoms with Crippen LogP contribution in [0.15, 0.2) is 0 Å². The first-order valence-corrected chi connectivity index (χ1v) is 14.9. The van der Waals surface area contributed by atoms with Crippen molar-refractivity contribution in [2.24, 2.45) is 0 Å². The van der Waals surface area contributed by atoms with Crippen LogP contribution in [-0.2, 0) is 24.1 Å². The van der Waals surface area contributed by atoms with Crippen molar-refractivity contribution in [1.29, 1.82) is 0 Å². The average Bonchev–Trinajstić information content (AvgIpc) is 2.59. The number of rotatable bonds is 8. The Hall–Kier alpha value is 0.228. The topological polar surface area (TPSA) is 146 Å². The van der Waals surface area contributed by atoms with Crippen molar-refractivity contribution in [3.8, 4) is 0 Å². The van der Waals surface area contributed by atoms with Crippen LogP contribution in [0.4, 0.5) is 0 Å². The third kappa shape index (κ3) is 7.20. The Balaban J connectivity index is 2.43. The quantitative estimate of drug-likeness (QED) is 0.252. The van der Waals surface area contributed by atoms with Gasteiger partial charge in [0, 0.05) is 0 Å². The Morgan fingerprint density at radius 2 is 1.82 bits per heavy atom. The molecule has 0 saturated carbocycles. The van der Waals surface area contributed by atoms with E-state index in [4.69, 9.17) is 9.47 Å². The molecule has 0 aliphatic carbocycles. The van der Waals surface area contributed by atoms with Crippen molar-refractivity contribution >= 4 is 24.0 Å². The zero-order chi connectivity index (χ0) is 17.1. The second-order valence-electron chi connectivity index (χ2n) is 6.18. The molecule has 0 aromatic carbocycles. The number of ether oxygens (including phenoxy) is 2. The molecule has 11 heteroatoms. The second kappa shape index (κ2) is 7.87. The van der Waals surface area contributed by atoms with Gasteiger partial charge in [-0.05, 0) is 0 Å². The van der Waals surface area contributed by atoms with Crippen molar-refractivity contribution in [2.75, 3.05) is 13.2 Å². The molecular formula is C11H23AsO9S. The Kier molecular flexibility index (Phi) is 7.25. The van der Waals surface area contributed by atoms with Gasteiger partial charge in [-0.25, -0.2) is 0 Å². The van der Waals surface area contributed by atoms with E-state index in [1.54, 1.807) is 0 Å². The summed E-state index contributed by atoms with van der Waals surface area (Å²) in [5.74, 6) is 0. The van der Waals surface area contributed by atoms with Crippen molar-refractivity contribution in [3.63, 3.8) is 0 Å². The van der Waals surface area contributed by atoms with E-state index in [1.165, 1.54) is 0 Å². The molecule has 0 radical (unpaired) electrons. The van der Waals surface area contributed by atoms with E-state index in [1.807, 2.05) is 0 Å². The molecule has 1 aliphatic heterocycles. The Morgan fingerprint density at radius 3 is 2.32 bits per heavy atom. The van der Waals surface area contributed by atoms with Crippen LogP contribution in [-0.4, -0.2) is 85.8 Å². The minimum absolute atomic E-state index is 0.410. The van der Waals surface area contributed by atoms with Crippen molar-refractivity contribution < 1.29 is 41.9 Å². The molecule has 1 rings (SSSR count). The predicted octanol–water partition coefficient (Wildman–Crippen LogP) is -1.37. The van der Waals surface area contributed by atoms with Gasteiger partial charge in [0.15, 0.2) is 0 Å². The first kappa shape index (κ1) is 20.3. The molecule has 0 aromatic rings. The third-order valence-electron chi connectivity index (χ3n) is 2.90. The van der Waals surface area contributed by atoms with Crippen LogP contribution in [0.25, 0.3) is 0 Å². The van der Waals surface area contributed by atoms with E-state index in [9.17, 15) is 28.3 Å². The van der Waals surface area contributed by atoms with Crippen molar-refractivity contribution in [2.45, 2.75) is 53.0 Å². The van der Waals surface area contributed by atoms with Gasteiger partial charge in [0.25, 0.3) is 0 Å². The third-order valence-corrected chi connectivity index (χ3v) is 6.38. The Morgan fingerprint density at radius 1 is 1.23 bits per heavy atom. The molecule has 0 bridgehead atoms. The summed E-state index contributed by atoms with van der Waals surface area (Å²) in [7, 11) is -4.89. The number of aliphatic hydroxyl groups excluding tert-OH is 3. The zero-order valence-corrected chi connectivity index (χ0v) is 15.3. The van der Waals surface area contributed by atoms with E-state index in [0.717, 1.165) is 0 Å². The monoisotopic (exact) mass is 406 g/mol. The molecule has 132 valence electrons. The number of aliphatic hydroxyl groups is 3. The van der Waals surface area contributed by atoms with Gasteiger partial charge >= 0.3 is 132 Å². The molecule has 22 heavy (non-hydrogen) atoms. The van der Waals surface area contributed by atoms with Crippen molar-refractivity contribution in [1.82, 2.24) is 0 Å². The van der Waals surface area contributed by atoms with Crippen LogP contribution >= 0.6 is 0 Å². The van der Waals surface area contributed by atoms with E-state index < -0.39 is 67.9 Å². The van der Waals surface area contributed by atoms with Gasteiger partial charge in [-0.15, -0.1) is 0 Å². The van der Waals surface area contributed by atoms with E-state index in [0.29, 0.717) is 5.21 Å². The molecule has 1 saturated heterocycles. The van der Waals surface area contributed by atoms with Gasteiger partial charge in [-0.3, -0.25) is 0 Å². The van der Waals surface area contributed by atoms with Crippen LogP contribution in [0.5, 0.6) is 0 Å². The van der Waals surface area contributed by atoms with Crippen LogP contribution < -0.4 is 0 Å². The SMILES string of the molecule is C[As+](C)(C)C[C@H]1O[C@@H](OC[C@H](O)COS(=O)(=O)[O-])[C@H](O)[C@@H]1O. The Bertz CT molecular complexity index is 449. The van der Waals surface area contributed by atoms with E-state index >= 15 is 0 Å². The van der Waals surface area contributed by atoms with Crippen LogP contribution in [0.2, 0.25) is 22.3 Å². The normalized spacial score (nSPS) is 31.4. The maximum atomic E-state index is 10.2. The van der Waals surface area contributed by atoms with Gasteiger partial charge in [-0.1, -0.05) is 0 Å². The molecule has 1 aliphatic rings. The van der Waals surface area contributed by atoms with E-state index in [2.05, 4.69) is 21.3 Å². The first-order chi connectivity index (χ1) is 9.89. The predicted molar refractivity (Wildman–Crippen MR) is 76.4 cm³/mol. The molecule has 0 unspecified atom stereocenters. The van der Waals surface area contributed by atoms with E-state index in [-0.39, 0.29) is 0 Å². The minimum atomic E-state index is -4.89. The molecular weight excluding hydrogens is 383 g/mol. The Labute approximate surface area is 132 Å². The fourth-order valence-corrected chi connectivity index (χ4v) is 5.18. The number of hydrogen-bond acceptors (Lipinski definition) is 9. The molecule has 1 fully saturated rings. The fourth-order valence-electron chi connectivity index (χ4n) is 1.96. The second-order valence-corrected chi connectivity index (χ2v) is 17.6. The first-order valence-electron chi connectivity index (χ1n) is 6.61. The van der Waals surface area contributed by atoms with Gasteiger partial charge < -0.3 is 0 Å². The summed E-state index contributed by atoms with van der Waals surface area (Å²) in [5, 5.41) is 29.9. The molecule has 0 spiro atoms. The zero-order valence-electron chi connectivity index (χ0n) is 12.7. The molecule has 0 amide bonds. The average molecular weight is 406 g/mol. The summed E-state index contributed by atoms with van der Waals surface area (Å²) in [6.45, 7) is -1.16. The number of hydrogen-bond donors (Lipinski definition) is 3. The van der Waals surface area contributed by atoms with Gasteiger partial charge in [-0.2, -0.15) is 0 Å². The van der Waals surface area contributed by atoms with Crippen molar-refractivity contribution in [3.05, 3.63) is 0 Å². The fraction of sp³-hybridized carbons (Fsp3) is 1.00. The standard InChI is InChI=1S/C11H23AsO9S/c1-12(2,3)4-8-9(14)10(15)11(21-8)19-5-7(13)6-20-22(16,17)18/h7-11,13-15H,4-6H2,1-3H3/t7-,8+,9+,10+,11+/m0/s1. The van der Waals surface area contributed by atoms with Gasteiger partial charge in [0.1, 0.15) is 0 Å². The van der Waals surface area contributed by atoms with Crippen LogP contribution in [0, 0.1) is 0 Å². The summed E-state index contributed by atoms with van der Waals surface area (Å²) in [4.78, 5) is 0. The molecule has 5 atom stereocenters. The van der Waals surface area contributed by atoms with Gasteiger partial charge in [0.05, 0.1) is 0 Å². The summed E-state index contributed by atoms with van der Waals surface area (Å²) < 4.78 is 45.2. The summed E-state index contributed by atoms with van der Waals surface area (Å²) in [5.41, 5.74) is 6.37. The van der Waals surface area contributed by atoms with Crippen LogP contribution in [0.3, 0.4) is 0 Å². The summed E-state index contributed by atoms with van der Waals surface area (Å²) in [6.07, 6.45) is -5.39. The van der Waals surface area contributed by atoms with Gasteiger partial charge in [0.2, 0.25) is 0 Å². The molecule has 0 aromatic heterocycles. The summed E-state index contributed by atoms with van der Waals surface area (Å²) >= 11 is -1.86. The summed E-state index contributed by atoms with van der Waals surface area (Å²) in [6, 6.07) is 0. The maximum absolute atomic E-state index is 10.2. The molecule has 3 N–H and O–H groups in total. The molecule has 9 nitrogen and oxygen atoms in total. The molecule has 1 heterocycles.